The van der Waals surface area contributed by atoms with E-state index in [0.717, 1.165) is 52.3 Å². The highest BCUT2D eigenvalue weighted by Gasteiger charge is 2.20. The summed E-state index contributed by atoms with van der Waals surface area (Å²) in [6.45, 7) is 4.01. The van der Waals surface area contributed by atoms with E-state index in [1.165, 1.54) is 17.5 Å². The summed E-state index contributed by atoms with van der Waals surface area (Å²) in [5, 5.41) is 4.79. The summed E-state index contributed by atoms with van der Waals surface area (Å²) >= 11 is 0. The maximum absolute atomic E-state index is 5.58. The van der Waals surface area contributed by atoms with E-state index in [4.69, 9.17) is 4.42 Å². The molecule has 0 saturated carbocycles. The van der Waals surface area contributed by atoms with Crippen molar-refractivity contribution < 1.29 is 4.42 Å². The van der Waals surface area contributed by atoms with Crippen molar-refractivity contribution >= 4 is 16.8 Å². The van der Waals surface area contributed by atoms with Gasteiger partial charge in [0.2, 0.25) is 0 Å². The fourth-order valence-corrected chi connectivity index (χ4v) is 4.19. The summed E-state index contributed by atoms with van der Waals surface area (Å²) in [6.07, 6.45) is 5.28. The summed E-state index contributed by atoms with van der Waals surface area (Å²) in [4.78, 5) is 9.34. The van der Waals surface area contributed by atoms with E-state index in [1.54, 1.807) is 6.26 Å². The molecule has 0 fully saturated rings. The number of aryl methyl sites for hydroxylation is 3. The minimum Gasteiger partial charge on any atom is -0.464 e. The highest BCUT2D eigenvalue weighted by atomic mass is 16.3. The molecule has 4 nitrogen and oxygen atoms in total. The molecule has 4 heteroatoms. The standard InChI is InChI=1S/C24H23N3O/c1-15-14-28-23-11-10-18(12-20(15)23)22-13-24(26-16(2)25-22)27-21-9-5-7-17-6-3-4-8-19(17)21/h3-4,6,8,10-14,21H,5,7,9H2,1-2H3,(H,25,26,27). The first-order valence-corrected chi connectivity index (χ1v) is 9.85. The predicted molar refractivity (Wildman–Crippen MR) is 112 cm³/mol. The molecular weight excluding hydrogens is 346 g/mol. The summed E-state index contributed by atoms with van der Waals surface area (Å²) in [5.41, 5.74) is 6.89. The van der Waals surface area contributed by atoms with Gasteiger partial charge >= 0.3 is 0 Å². The number of hydrogen-bond acceptors (Lipinski definition) is 4. The molecule has 0 amide bonds. The smallest absolute Gasteiger partial charge is 0.134 e. The van der Waals surface area contributed by atoms with Gasteiger partial charge in [0, 0.05) is 17.0 Å². The molecule has 2 aromatic carbocycles. The van der Waals surface area contributed by atoms with E-state index in [1.807, 2.05) is 13.0 Å². The molecule has 0 spiro atoms. The quantitative estimate of drug-likeness (QED) is 0.481. The van der Waals surface area contributed by atoms with Crippen LogP contribution in [0.3, 0.4) is 0 Å². The van der Waals surface area contributed by atoms with Crippen LogP contribution in [-0.2, 0) is 6.42 Å². The molecule has 1 aliphatic carbocycles. The second kappa shape index (κ2) is 6.79. The lowest BCUT2D eigenvalue weighted by Crippen LogP contribution is -2.18. The third-order valence-corrected chi connectivity index (χ3v) is 5.59. The van der Waals surface area contributed by atoms with Crippen molar-refractivity contribution in [1.82, 2.24) is 9.97 Å². The Bertz CT molecular complexity index is 1160. The highest BCUT2D eigenvalue weighted by molar-refractivity contribution is 5.85. The van der Waals surface area contributed by atoms with Gasteiger partial charge in [-0.15, -0.1) is 0 Å². The SMILES string of the molecule is Cc1nc(NC2CCCc3ccccc32)cc(-c2ccc3occ(C)c3c2)n1. The van der Waals surface area contributed by atoms with Crippen molar-refractivity contribution in [2.24, 2.45) is 0 Å². The van der Waals surface area contributed by atoms with Gasteiger partial charge in [0.25, 0.3) is 0 Å². The zero-order valence-corrected chi connectivity index (χ0v) is 16.2. The van der Waals surface area contributed by atoms with Crippen molar-refractivity contribution in [3.05, 3.63) is 77.3 Å². The number of benzene rings is 2. The molecule has 1 aliphatic rings. The molecule has 28 heavy (non-hydrogen) atoms. The minimum atomic E-state index is 0.297. The first-order chi connectivity index (χ1) is 13.7. The topological polar surface area (TPSA) is 51.0 Å². The maximum Gasteiger partial charge on any atom is 0.134 e. The second-order valence-corrected chi connectivity index (χ2v) is 7.60. The first kappa shape index (κ1) is 17.0. The molecular formula is C24H23N3O. The average molecular weight is 369 g/mol. The Morgan fingerprint density at radius 3 is 2.86 bits per heavy atom. The van der Waals surface area contributed by atoms with Crippen LogP contribution in [0.2, 0.25) is 0 Å². The molecule has 1 atom stereocenters. The average Bonchev–Trinajstić information content (AvgIpc) is 3.08. The number of furan rings is 1. The van der Waals surface area contributed by atoms with Crippen LogP contribution >= 0.6 is 0 Å². The molecule has 5 rings (SSSR count). The van der Waals surface area contributed by atoms with E-state index in [2.05, 4.69) is 64.7 Å². The van der Waals surface area contributed by atoms with Gasteiger partial charge in [-0.25, -0.2) is 9.97 Å². The fourth-order valence-electron chi connectivity index (χ4n) is 4.19. The molecule has 2 aromatic heterocycles. The van der Waals surface area contributed by atoms with Crippen molar-refractivity contribution in [2.45, 2.75) is 39.2 Å². The maximum atomic E-state index is 5.58. The number of nitrogens with zero attached hydrogens (tertiary/aromatic N) is 2. The van der Waals surface area contributed by atoms with Crippen LogP contribution in [0.25, 0.3) is 22.2 Å². The van der Waals surface area contributed by atoms with Crippen molar-refractivity contribution in [3.8, 4) is 11.3 Å². The first-order valence-electron chi connectivity index (χ1n) is 9.85. The van der Waals surface area contributed by atoms with E-state index in [9.17, 15) is 0 Å². The van der Waals surface area contributed by atoms with Crippen LogP contribution in [-0.4, -0.2) is 9.97 Å². The molecule has 4 aromatic rings. The summed E-state index contributed by atoms with van der Waals surface area (Å²) in [5.74, 6) is 1.65. The Morgan fingerprint density at radius 2 is 1.93 bits per heavy atom. The van der Waals surface area contributed by atoms with Crippen LogP contribution in [0.5, 0.6) is 0 Å². The van der Waals surface area contributed by atoms with Crippen LogP contribution in [0.4, 0.5) is 5.82 Å². The van der Waals surface area contributed by atoms with E-state index >= 15 is 0 Å². The molecule has 0 saturated heterocycles. The van der Waals surface area contributed by atoms with Gasteiger partial charge in [-0.3, -0.25) is 0 Å². The fraction of sp³-hybridized carbons (Fsp3) is 0.250. The Morgan fingerprint density at radius 1 is 1.04 bits per heavy atom. The van der Waals surface area contributed by atoms with Gasteiger partial charge in [0.15, 0.2) is 0 Å². The Balaban J connectivity index is 1.50. The lowest BCUT2D eigenvalue weighted by atomic mass is 9.88. The van der Waals surface area contributed by atoms with Gasteiger partial charge in [-0.2, -0.15) is 0 Å². The van der Waals surface area contributed by atoms with E-state index in [-0.39, 0.29) is 0 Å². The van der Waals surface area contributed by atoms with Crippen molar-refractivity contribution in [1.29, 1.82) is 0 Å². The van der Waals surface area contributed by atoms with Gasteiger partial charge in [-0.05, 0) is 68.0 Å². The van der Waals surface area contributed by atoms with Crippen LogP contribution in [0, 0.1) is 13.8 Å². The van der Waals surface area contributed by atoms with Gasteiger partial charge in [-0.1, -0.05) is 24.3 Å². The van der Waals surface area contributed by atoms with Crippen LogP contribution < -0.4 is 5.32 Å². The van der Waals surface area contributed by atoms with Gasteiger partial charge in [0.05, 0.1) is 18.0 Å². The summed E-state index contributed by atoms with van der Waals surface area (Å²) in [6, 6.07) is 17.3. The normalized spacial score (nSPS) is 16.1. The number of fused-ring (bicyclic) bond motifs is 2. The second-order valence-electron chi connectivity index (χ2n) is 7.60. The number of rotatable bonds is 3. The molecule has 140 valence electrons. The number of nitrogens with one attached hydrogen (secondary N) is 1. The van der Waals surface area contributed by atoms with Crippen molar-refractivity contribution in [2.75, 3.05) is 5.32 Å². The zero-order chi connectivity index (χ0) is 19.1. The lowest BCUT2D eigenvalue weighted by Gasteiger charge is -2.27. The van der Waals surface area contributed by atoms with Crippen molar-refractivity contribution in [3.63, 3.8) is 0 Å². The highest BCUT2D eigenvalue weighted by Crippen LogP contribution is 2.33. The molecule has 1 unspecified atom stereocenters. The van der Waals surface area contributed by atoms with Crippen LogP contribution in [0.1, 0.15) is 41.4 Å². The summed E-state index contributed by atoms with van der Waals surface area (Å²) < 4.78 is 5.58. The largest absolute Gasteiger partial charge is 0.464 e. The minimum absolute atomic E-state index is 0.297. The Kier molecular flexibility index (Phi) is 4.12. The van der Waals surface area contributed by atoms with Gasteiger partial charge in [0.1, 0.15) is 17.2 Å². The molecule has 0 bridgehead atoms. The molecule has 1 N–H and O–H groups in total. The zero-order valence-electron chi connectivity index (χ0n) is 16.2. The monoisotopic (exact) mass is 369 g/mol. The van der Waals surface area contributed by atoms with E-state index in [0.29, 0.717) is 6.04 Å². The third kappa shape index (κ3) is 3.05. The number of anilines is 1. The third-order valence-electron chi connectivity index (χ3n) is 5.59. The molecule has 0 aliphatic heterocycles. The molecule has 2 heterocycles. The molecule has 0 radical (unpaired) electrons. The lowest BCUT2D eigenvalue weighted by molar-refractivity contribution is 0.598. The number of aromatic nitrogens is 2. The van der Waals surface area contributed by atoms with Crippen LogP contribution in [0.15, 0.2) is 59.2 Å². The Labute approximate surface area is 164 Å². The Hall–Kier alpha value is -3.14. The van der Waals surface area contributed by atoms with Gasteiger partial charge < -0.3 is 9.73 Å². The predicted octanol–water partition coefficient (Wildman–Crippen LogP) is 6.00. The summed E-state index contributed by atoms with van der Waals surface area (Å²) in [7, 11) is 0. The number of hydrogen-bond donors (Lipinski definition) is 1. The van der Waals surface area contributed by atoms with E-state index < -0.39 is 0 Å².